The first-order valence-electron chi connectivity index (χ1n) is 9.87. The molecule has 8 heteroatoms. The zero-order valence-electron chi connectivity index (χ0n) is 17.3. The second-order valence-electron chi connectivity index (χ2n) is 9.19. The van der Waals surface area contributed by atoms with Crippen molar-refractivity contribution in [2.75, 3.05) is 18.6 Å². The van der Waals surface area contributed by atoms with Gasteiger partial charge in [0.15, 0.2) is 0 Å². The van der Waals surface area contributed by atoms with Gasteiger partial charge in [0.05, 0.1) is 17.9 Å². The lowest BCUT2D eigenvalue weighted by Crippen LogP contribution is -2.42. The van der Waals surface area contributed by atoms with Gasteiger partial charge >= 0.3 is 12.1 Å². The number of nitrogens with one attached hydrogen (secondary N) is 1. The molecule has 2 bridgehead atoms. The molecular formula is C21H28F3N3O2. The molecule has 0 unspecified atom stereocenters. The number of benzene rings is 1. The highest BCUT2D eigenvalue weighted by Gasteiger charge is 2.51. The number of amidine groups is 1. The van der Waals surface area contributed by atoms with E-state index in [1.165, 1.54) is 12.1 Å². The Kier molecular flexibility index (Phi) is 5.58. The summed E-state index contributed by atoms with van der Waals surface area (Å²) in [6.45, 7) is 9.24. The molecule has 1 aromatic carbocycles. The van der Waals surface area contributed by atoms with Crippen molar-refractivity contribution < 1.29 is 22.7 Å². The molecule has 5 nitrogen and oxygen atoms in total. The second-order valence-corrected chi connectivity index (χ2v) is 9.19. The van der Waals surface area contributed by atoms with Crippen LogP contribution in [0.5, 0.6) is 0 Å². The van der Waals surface area contributed by atoms with Crippen LogP contribution in [0.1, 0.15) is 52.5 Å². The average Bonchev–Trinajstić information content (AvgIpc) is 2.83. The smallest absolute Gasteiger partial charge is 0.416 e. The van der Waals surface area contributed by atoms with Crippen LogP contribution in [0.2, 0.25) is 0 Å². The summed E-state index contributed by atoms with van der Waals surface area (Å²) in [6.07, 6.45) is -1.52. The number of fused-ring (bicyclic) bond motifs is 2. The standard InChI is InChI=1S/C21H28F3N3O2/c1-5-29-18(28)17(26-25-15-8-6-7-14(9-15)21(22,23)24)27-13-20(4)11-16(27)10-19(2,3)12-20/h6-9,16,25H,5,10-13H2,1-4H3/b26-17-/t16-,20-/m0/s1. The van der Waals surface area contributed by atoms with Gasteiger partial charge in [0.1, 0.15) is 0 Å². The molecule has 2 aliphatic rings. The van der Waals surface area contributed by atoms with Gasteiger partial charge < -0.3 is 9.64 Å². The number of hydrazone groups is 1. The van der Waals surface area contributed by atoms with Gasteiger partial charge in [-0.1, -0.05) is 26.8 Å². The number of carbonyl (C=O) groups is 1. The molecule has 2 fully saturated rings. The van der Waals surface area contributed by atoms with Crippen LogP contribution in [0.15, 0.2) is 29.4 Å². The van der Waals surface area contributed by atoms with Crippen molar-refractivity contribution in [2.45, 2.75) is 59.2 Å². The summed E-state index contributed by atoms with van der Waals surface area (Å²) >= 11 is 0. The zero-order chi connectivity index (χ0) is 21.4. The van der Waals surface area contributed by atoms with Gasteiger partial charge in [0, 0.05) is 12.6 Å². The summed E-state index contributed by atoms with van der Waals surface area (Å²) in [5, 5.41) is 4.21. The molecule has 0 spiro atoms. The van der Waals surface area contributed by atoms with Crippen molar-refractivity contribution in [1.82, 2.24) is 4.90 Å². The minimum Gasteiger partial charge on any atom is -0.460 e. The molecule has 1 saturated carbocycles. The van der Waals surface area contributed by atoms with Crippen molar-refractivity contribution in [1.29, 1.82) is 0 Å². The first kappa shape index (κ1) is 21.5. The summed E-state index contributed by atoms with van der Waals surface area (Å²) in [6, 6.07) is 4.90. The van der Waals surface area contributed by atoms with E-state index in [2.05, 4.69) is 31.3 Å². The molecule has 1 aliphatic carbocycles. The summed E-state index contributed by atoms with van der Waals surface area (Å²) in [5.74, 6) is -0.448. The Bertz CT molecular complexity index is 807. The van der Waals surface area contributed by atoms with Crippen molar-refractivity contribution >= 4 is 17.5 Å². The Morgan fingerprint density at radius 1 is 1.31 bits per heavy atom. The number of esters is 1. The molecule has 1 heterocycles. The summed E-state index contributed by atoms with van der Waals surface area (Å²) in [4.78, 5) is 14.6. The van der Waals surface area contributed by atoms with Gasteiger partial charge in [-0.25, -0.2) is 4.79 Å². The van der Waals surface area contributed by atoms with Crippen LogP contribution < -0.4 is 5.43 Å². The van der Waals surface area contributed by atoms with Crippen LogP contribution in [0.4, 0.5) is 18.9 Å². The minimum absolute atomic E-state index is 0.0654. The molecule has 2 atom stereocenters. The van der Waals surface area contributed by atoms with Crippen LogP contribution in [-0.2, 0) is 15.7 Å². The number of anilines is 1. The highest BCUT2D eigenvalue weighted by atomic mass is 19.4. The fraction of sp³-hybridized carbons (Fsp3) is 0.619. The predicted octanol–water partition coefficient (Wildman–Crippen LogP) is 4.89. The van der Waals surface area contributed by atoms with E-state index < -0.39 is 17.7 Å². The number of rotatable bonds is 3. The van der Waals surface area contributed by atoms with E-state index in [1.807, 2.05) is 4.90 Å². The third kappa shape index (κ3) is 4.85. The van der Waals surface area contributed by atoms with Crippen molar-refractivity contribution in [2.24, 2.45) is 15.9 Å². The van der Waals surface area contributed by atoms with E-state index >= 15 is 0 Å². The van der Waals surface area contributed by atoms with Crippen molar-refractivity contribution in [3.05, 3.63) is 29.8 Å². The maximum absolute atomic E-state index is 13.0. The van der Waals surface area contributed by atoms with E-state index in [-0.39, 0.29) is 35.0 Å². The quantitative estimate of drug-likeness (QED) is 0.333. The topological polar surface area (TPSA) is 53.9 Å². The number of carbonyl (C=O) groups excluding carboxylic acids is 1. The Balaban J connectivity index is 1.88. The Labute approximate surface area is 169 Å². The highest BCUT2D eigenvalue weighted by molar-refractivity contribution is 6.35. The molecule has 0 radical (unpaired) electrons. The lowest BCUT2D eigenvalue weighted by Gasteiger charge is -2.39. The summed E-state index contributed by atoms with van der Waals surface area (Å²) in [7, 11) is 0. The third-order valence-electron chi connectivity index (χ3n) is 5.63. The van der Waals surface area contributed by atoms with E-state index in [1.54, 1.807) is 6.92 Å². The number of nitrogens with zero attached hydrogens (tertiary/aromatic N) is 2. The number of hydrogen-bond acceptors (Lipinski definition) is 4. The van der Waals surface area contributed by atoms with Crippen LogP contribution in [-0.4, -0.2) is 35.9 Å². The molecule has 3 rings (SSSR count). The van der Waals surface area contributed by atoms with E-state index in [4.69, 9.17) is 4.74 Å². The molecule has 1 aliphatic heterocycles. The van der Waals surface area contributed by atoms with Crippen molar-refractivity contribution in [3.8, 4) is 0 Å². The summed E-state index contributed by atoms with van der Waals surface area (Å²) < 4.78 is 44.1. The van der Waals surface area contributed by atoms with Crippen LogP contribution in [0.25, 0.3) is 0 Å². The van der Waals surface area contributed by atoms with Gasteiger partial charge in [0.2, 0.25) is 5.84 Å². The van der Waals surface area contributed by atoms with Crippen molar-refractivity contribution in [3.63, 3.8) is 0 Å². The SMILES string of the molecule is CCOC(=O)/C(=N/Nc1cccc(C(F)(F)F)c1)N1C[C@@]2(C)C[C@@H]1CC(C)(C)C2. The Morgan fingerprint density at radius 3 is 2.69 bits per heavy atom. The van der Waals surface area contributed by atoms with Gasteiger partial charge in [-0.05, 0) is 55.2 Å². The lowest BCUT2D eigenvalue weighted by atomic mass is 9.65. The van der Waals surface area contributed by atoms with Crippen LogP contribution in [0.3, 0.4) is 0 Å². The molecular weight excluding hydrogens is 383 g/mol. The molecule has 29 heavy (non-hydrogen) atoms. The molecule has 1 aromatic rings. The fourth-order valence-corrected chi connectivity index (χ4v) is 5.01. The molecule has 0 aromatic heterocycles. The summed E-state index contributed by atoms with van der Waals surface area (Å²) in [5.41, 5.74) is 2.24. The third-order valence-corrected chi connectivity index (χ3v) is 5.63. The maximum atomic E-state index is 13.0. The largest absolute Gasteiger partial charge is 0.460 e. The number of hydrogen-bond donors (Lipinski definition) is 1. The minimum atomic E-state index is -4.45. The van der Waals surface area contributed by atoms with Crippen LogP contribution >= 0.6 is 0 Å². The first-order valence-corrected chi connectivity index (χ1v) is 9.87. The number of halogens is 3. The molecule has 160 valence electrons. The van der Waals surface area contributed by atoms with E-state index in [0.717, 1.165) is 31.4 Å². The highest BCUT2D eigenvalue weighted by Crippen LogP contribution is 2.52. The molecule has 1 saturated heterocycles. The normalized spacial score (nSPS) is 26.4. The lowest BCUT2D eigenvalue weighted by molar-refractivity contribution is -0.138. The monoisotopic (exact) mass is 411 g/mol. The number of ether oxygens (including phenoxy) is 1. The number of alkyl halides is 3. The van der Waals surface area contributed by atoms with Gasteiger partial charge in [0.25, 0.3) is 0 Å². The zero-order valence-corrected chi connectivity index (χ0v) is 17.3. The molecule has 1 N–H and O–H groups in total. The second kappa shape index (κ2) is 7.54. The van der Waals surface area contributed by atoms with E-state index in [9.17, 15) is 18.0 Å². The van der Waals surface area contributed by atoms with Gasteiger partial charge in [-0.2, -0.15) is 13.2 Å². The Morgan fingerprint density at radius 2 is 2.03 bits per heavy atom. The predicted molar refractivity (Wildman–Crippen MR) is 105 cm³/mol. The first-order chi connectivity index (χ1) is 13.4. The van der Waals surface area contributed by atoms with Gasteiger partial charge in [-0.15, -0.1) is 5.10 Å². The molecule has 0 amide bonds. The van der Waals surface area contributed by atoms with Gasteiger partial charge in [-0.3, -0.25) is 5.43 Å². The Hall–Kier alpha value is -2.25. The van der Waals surface area contributed by atoms with E-state index in [0.29, 0.717) is 6.54 Å². The maximum Gasteiger partial charge on any atom is 0.416 e. The average molecular weight is 411 g/mol. The number of likely N-dealkylation sites (tertiary alicyclic amines) is 1. The van der Waals surface area contributed by atoms with Crippen LogP contribution in [0, 0.1) is 10.8 Å². The fourth-order valence-electron chi connectivity index (χ4n) is 5.01.